The van der Waals surface area contributed by atoms with Gasteiger partial charge in [0.1, 0.15) is 0 Å². The highest BCUT2D eigenvalue weighted by Gasteiger charge is 2.13. The van der Waals surface area contributed by atoms with Crippen molar-refractivity contribution in [3.05, 3.63) is 75.9 Å². The average Bonchev–Trinajstić information content (AvgIpc) is 3.21. The summed E-state index contributed by atoms with van der Waals surface area (Å²) in [6.45, 7) is 4.01. The molecule has 2 aromatic carbocycles. The fourth-order valence-electron chi connectivity index (χ4n) is 2.95. The number of thiazole rings is 1. The third-order valence-electron chi connectivity index (χ3n) is 4.43. The van der Waals surface area contributed by atoms with Crippen molar-refractivity contribution in [2.24, 2.45) is 0 Å². The predicted octanol–water partition coefficient (Wildman–Crippen LogP) is 5.51. The van der Waals surface area contributed by atoms with Crippen LogP contribution in [0.1, 0.15) is 16.8 Å². The van der Waals surface area contributed by atoms with Gasteiger partial charge < -0.3 is 5.32 Å². The first kappa shape index (κ1) is 17.8. The van der Waals surface area contributed by atoms with Crippen molar-refractivity contribution in [2.45, 2.75) is 20.3 Å². The van der Waals surface area contributed by atoms with Gasteiger partial charge in [0, 0.05) is 33.5 Å². The first-order valence-electron chi connectivity index (χ1n) is 8.58. The molecule has 27 heavy (non-hydrogen) atoms. The fraction of sp³-hybridized carbons (Fsp3) is 0.143. The van der Waals surface area contributed by atoms with E-state index in [1.807, 2.05) is 72.3 Å². The van der Waals surface area contributed by atoms with Crippen molar-refractivity contribution in [2.75, 3.05) is 5.32 Å². The Morgan fingerprint density at radius 1 is 1.19 bits per heavy atom. The van der Waals surface area contributed by atoms with E-state index in [0.29, 0.717) is 11.4 Å². The number of benzene rings is 2. The maximum atomic E-state index is 12.5. The molecule has 0 aliphatic rings. The summed E-state index contributed by atoms with van der Waals surface area (Å²) in [5, 5.41) is 5.70. The Labute approximate surface area is 166 Å². The molecule has 0 radical (unpaired) electrons. The number of nitrogens with one attached hydrogen (secondary N) is 1. The van der Waals surface area contributed by atoms with Gasteiger partial charge in [-0.05, 0) is 43.2 Å². The van der Waals surface area contributed by atoms with E-state index in [9.17, 15) is 4.79 Å². The van der Waals surface area contributed by atoms with Crippen LogP contribution < -0.4 is 5.32 Å². The Kier molecular flexibility index (Phi) is 4.72. The van der Waals surface area contributed by atoms with E-state index in [-0.39, 0.29) is 5.91 Å². The second-order valence-corrected chi connectivity index (χ2v) is 7.83. The molecule has 2 heterocycles. The quantitative estimate of drug-likeness (QED) is 0.495. The van der Waals surface area contributed by atoms with Crippen LogP contribution in [0.3, 0.4) is 0 Å². The SMILES string of the molecule is Cc1ccc(C)c(NC(=O)Cc2csc3nc(-c4ccc(Cl)cc4)cn23)c1. The number of aryl methyl sites for hydroxylation is 2. The van der Waals surface area contributed by atoms with Gasteiger partial charge in [-0.25, -0.2) is 4.98 Å². The number of hydrogen-bond acceptors (Lipinski definition) is 3. The average molecular weight is 396 g/mol. The highest BCUT2D eigenvalue weighted by Crippen LogP contribution is 2.25. The van der Waals surface area contributed by atoms with Crippen molar-refractivity contribution in [1.29, 1.82) is 0 Å². The van der Waals surface area contributed by atoms with Gasteiger partial charge >= 0.3 is 0 Å². The molecule has 4 aromatic rings. The molecule has 0 saturated carbocycles. The van der Waals surface area contributed by atoms with Crippen molar-refractivity contribution < 1.29 is 4.79 Å². The Hall–Kier alpha value is -2.63. The maximum absolute atomic E-state index is 12.5. The summed E-state index contributed by atoms with van der Waals surface area (Å²) in [6.07, 6.45) is 2.26. The summed E-state index contributed by atoms with van der Waals surface area (Å²) < 4.78 is 1.98. The summed E-state index contributed by atoms with van der Waals surface area (Å²) in [7, 11) is 0. The number of aromatic nitrogens is 2. The summed E-state index contributed by atoms with van der Waals surface area (Å²) in [5.74, 6) is -0.0369. The first-order valence-corrected chi connectivity index (χ1v) is 9.84. The third-order valence-corrected chi connectivity index (χ3v) is 5.57. The number of hydrogen-bond donors (Lipinski definition) is 1. The molecular weight excluding hydrogens is 378 g/mol. The lowest BCUT2D eigenvalue weighted by molar-refractivity contribution is -0.115. The van der Waals surface area contributed by atoms with Crippen LogP contribution in [0.2, 0.25) is 5.02 Å². The molecule has 1 N–H and O–H groups in total. The topological polar surface area (TPSA) is 46.4 Å². The van der Waals surface area contributed by atoms with Crippen LogP contribution in [0.15, 0.2) is 54.0 Å². The van der Waals surface area contributed by atoms with Crippen LogP contribution >= 0.6 is 22.9 Å². The van der Waals surface area contributed by atoms with Crippen LogP contribution in [-0.2, 0) is 11.2 Å². The van der Waals surface area contributed by atoms with Gasteiger partial charge in [0.05, 0.1) is 12.1 Å². The molecular formula is C21H18ClN3OS. The molecule has 4 nitrogen and oxygen atoms in total. The minimum absolute atomic E-state index is 0.0369. The van der Waals surface area contributed by atoms with Crippen LogP contribution in [0, 0.1) is 13.8 Å². The van der Waals surface area contributed by atoms with E-state index in [1.54, 1.807) is 0 Å². The van der Waals surface area contributed by atoms with Crippen molar-refractivity contribution in [3.8, 4) is 11.3 Å². The number of anilines is 1. The summed E-state index contributed by atoms with van der Waals surface area (Å²) in [4.78, 5) is 18.1. The summed E-state index contributed by atoms with van der Waals surface area (Å²) >= 11 is 7.49. The van der Waals surface area contributed by atoms with E-state index in [1.165, 1.54) is 11.3 Å². The number of imidazole rings is 1. The molecule has 1 amide bonds. The maximum Gasteiger partial charge on any atom is 0.230 e. The minimum atomic E-state index is -0.0369. The van der Waals surface area contributed by atoms with E-state index >= 15 is 0 Å². The van der Waals surface area contributed by atoms with Crippen LogP contribution in [-0.4, -0.2) is 15.3 Å². The largest absolute Gasteiger partial charge is 0.326 e. The molecule has 2 aromatic heterocycles. The second kappa shape index (κ2) is 7.18. The normalized spacial score (nSPS) is 11.1. The molecule has 136 valence electrons. The van der Waals surface area contributed by atoms with Gasteiger partial charge in [-0.2, -0.15) is 0 Å². The molecule has 6 heteroatoms. The molecule has 0 saturated heterocycles. The van der Waals surface area contributed by atoms with Gasteiger partial charge in [-0.15, -0.1) is 11.3 Å². The summed E-state index contributed by atoms with van der Waals surface area (Å²) in [5.41, 5.74) is 5.83. The van der Waals surface area contributed by atoms with Crippen LogP contribution in [0.25, 0.3) is 16.2 Å². The van der Waals surface area contributed by atoms with E-state index < -0.39 is 0 Å². The number of nitrogens with zero attached hydrogens (tertiary/aromatic N) is 2. The van der Waals surface area contributed by atoms with Crippen molar-refractivity contribution >= 4 is 39.5 Å². The van der Waals surface area contributed by atoms with Gasteiger partial charge in [0.2, 0.25) is 5.91 Å². The van der Waals surface area contributed by atoms with Crippen LogP contribution in [0.5, 0.6) is 0 Å². The molecule has 0 aliphatic carbocycles. The Morgan fingerprint density at radius 3 is 2.74 bits per heavy atom. The molecule has 0 aliphatic heterocycles. The van der Waals surface area contributed by atoms with Gasteiger partial charge in [0.15, 0.2) is 4.96 Å². The number of carbonyl (C=O) groups excluding carboxylic acids is 1. The Morgan fingerprint density at radius 2 is 1.96 bits per heavy atom. The van der Waals surface area contributed by atoms with Gasteiger partial charge in [-0.1, -0.05) is 35.9 Å². The van der Waals surface area contributed by atoms with E-state index in [0.717, 1.165) is 38.7 Å². The zero-order chi connectivity index (χ0) is 19.0. The Balaban J connectivity index is 1.56. The van der Waals surface area contributed by atoms with Crippen molar-refractivity contribution in [3.63, 3.8) is 0 Å². The monoisotopic (exact) mass is 395 g/mol. The number of fused-ring (bicyclic) bond motifs is 1. The van der Waals surface area contributed by atoms with E-state index in [2.05, 4.69) is 10.3 Å². The van der Waals surface area contributed by atoms with Crippen LogP contribution in [0.4, 0.5) is 5.69 Å². The zero-order valence-corrected chi connectivity index (χ0v) is 16.6. The van der Waals surface area contributed by atoms with E-state index in [4.69, 9.17) is 11.6 Å². The highest BCUT2D eigenvalue weighted by atomic mass is 35.5. The molecule has 4 rings (SSSR count). The highest BCUT2D eigenvalue weighted by molar-refractivity contribution is 7.15. The lowest BCUT2D eigenvalue weighted by atomic mass is 10.1. The number of carbonyl (C=O) groups is 1. The smallest absolute Gasteiger partial charge is 0.230 e. The molecule has 0 atom stereocenters. The van der Waals surface area contributed by atoms with Crippen molar-refractivity contribution in [1.82, 2.24) is 9.38 Å². The first-order chi connectivity index (χ1) is 13.0. The number of amides is 1. The summed E-state index contributed by atoms with van der Waals surface area (Å²) in [6, 6.07) is 13.6. The molecule has 0 unspecified atom stereocenters. The number of rotatable bonds is 4. The molecule has 0 spiro atoms. The standard InChI is InChI=1S/C21H18ClN3OS/c1-13-3-4-14(2)18(9-13)23-20(26)10-17-12-27-21-24-19(11-25(17)21)15-5-7-16(22)8-6-15/h3-9,11-12H,10H2,1-2H3,(H,23,26). The zero-order valence-electron chi connectivity index (χ0n) is 15.0. The lowest BCUT2D eigenvalue weighted by Gasteiger charge is -2.09. The molecule has 0 fully saturated rings. The van der Waals surface area contributed by atoms with Gasteiger partial charge in [0.25, 0.3) is 0 Å². The second-order valence-electron chi connectivity index (χ2n) is 6.56. The molecule has 0 bridgehead atoms. The predicted molar refractivity (Wildman–Crippen MR) is 112 cm³/mol. The Bertz CT molecular complexity index is 1130. The third kappa shape index (κ3) is 3.75. The lowest BCUT2D eigenvalue weighted by Crippen LogP contribution is -2.16. The van der Waals surface area contributed by atoms with Gasteiger partial charge in [-0.3, -0.25) is 9.20 Å². The fourth-order valence-corrected chi connectivity index (χ4v) is 3.94. The number of halogens is 1. The minimum Gasteiger partial charge on any atom is -0.326 e.